The number of rotatable bonds is 5. The van der Waals surface area contributed by atoms with Crippen LogP contribution in [0, 0.1) is 0 Å². The summed E-state index contributed by atoms with van der Waals surface area (Å²) in [5.41, 5.74) is 1.75. The Bertz CT molecular complexity index is 462. The highest BCUT2D eigenvalue weighted by atomic mass is 28.4. The second-order valence-corrected chi connectivity index (χ2v) is 8.95. The molecule has 0 radical (unpaired) electrons. The molecule has 0 bridgehead atoms. The average molecular weight is 263 g/mol. The predicted molar refractivity (Wildman–Crippen MR) is 72.0 cm³/mol. The van der Waals surface area contributed by atoms with Crippen molar-refractivity contribution < 1.29 is 14.0 Å². The van der Waals surface area contributed by atoms with Crippen LogP contribution in [0.1, 0.15) is 12.5 Å². The lowest BCUT2D eigenvalue weighted by Gasteiger charge is -2.21. The smallest absolute Gasteiger partial charge is 0.289 e. The van der Waals surface area contributed by atoms with Crippen LogP contribution in [0.15, 0.2) is 29.3 Å². The molecule has 1 rings (SSSR count). The van der Waals surface area contributed by atoms with Crippen LogP contribution in [-0.4, -0.2) is 20.4 Å². The van der Waals surface area contributed by atoms with E-state index in [0.29, 0.717) is 5.69 Å². The van der Waals surface area contributed by atoms with Crippen molar-refractivity contribution in [2.75, 3.05) is 0 Å². The summed E-state index contributed by atoms with van der Waals surface area (Å²) < 4.78 is 5.35. The zero-order valence-electron chi connectivity index (χ0n) is 10.9. The summed E-state index contributed by atoms with van der Waals surface area (Å²) in [7, 11) is -1.91. The Morgan fingerprint density at radius 1 is 1.33 bits per heavy atom. The lowest BCUT2D eigenvalue weighted by atomic mass is 10.1. The highest BCUT2D eigenvalue weighted by molar-refractivity contribution is 6.72. The summed E-state index contributed by atoms with van der Waals surface area (Å²) in [5.74, 6) is -0.206. The van der Waals surface area contributed by atoms with Crippen LogP contribution in [-0.2, 0) is 20.4 Å². The quantitative estimate of drug-likeness (QED) is 0.466. The third-order valence-electron chi connectivity index (χ3n) is 2.55. The number of hydrogen-bond acceptors (Lipinski definition) is 4. The van der Waals surface area contributed by atoms with Gasteiger partial charge >= 0.3 is 0 Å². The zero-order chi connectivity index (χ0) is 13.6. The number of carbonyl (C=O) groups is 1. The van der Waals surface area contributed by atoms with Gasteiger partial charge in [-0.15, -0.1) is 0 Å². The topological polar surface area (TPSA) is 55.7 Å². The molecule has 1 aromatic carbocycles. The van der Waals surface area contributed by atoms with Crippen LogP contribution >= 0.6 is 0 Å². The Kier molecular flexibility index (Phi) is 5.01. The van der Waals surface area contributed by atoms with Gasteiger partial charge in [0, 0.05) is 6.92 Å². The van der Waals surface area contributed by atoms with Gasteiger partial charge in [-0.05, 0) is 43.3 Å². The molecule has 0 spiro atoms. The molecule has 0 fully saturated rings. The van der Waals surface area contributed by atoms with E-state index in [4.69, 9.17) is 4.43 Å². The van der Waals surface area contributed by atoms with E-state index >= 15 is 0 Å². The van der Waals surface area contributed by atoms with Crippen LogP contribution in [0.2, 0.25) is 19.1 Å². The Labute approximate surface area is 108 Å². The Hall–Kier alpha value is -1.71. The monoisotopic (exact) mass is 263 g/mol. The second kappa shape index (κ2) is 6.28. The number of carbonyl (C=O) groups excluding carboxylic acids is 2. The molecule has 0 N–H and O–H groups in total. The van der Waals surface area contributed by atoms with Gasteiger partial charge in [0.15, 0.2) is 0 Å². The molecule has 0 amide bonds. The van der Waals surface area contributed by atoms with Crippen LogP contribution in [0.4, 0.5) is 5.69 Å². The van der Waals surface area contributed by atoms with Crippen molar-refractivity contribution in [2.45, 2.75) is 32.5 Å². The van der Waals surface area contributed by atoms with Crippen molar-refractivity contribution in [1.29, 1.82) is 0 Å². The van der Waals surface area contributed by atoms with E-state index in [1.807, 2.05) is 25.2 Å². The van der Waals surface area contributed by atoms with E-state index in [-0.39, 0.29) is 5.97 Å². The molecule has 0 heterocycles. The minimum Gasteiger partial charge on any atom is -0.520 e. The molecular formula is C13H17NO3Si. The molecule has 0 saturated heterocycles. The molecule has 4 nitrogen and oxygen atoms in total. The first-order valence-corrected chi connectivity index (χ1v) is 8.91. The normalized spacial score (nSPS) is 10.6. The van der Waals surface area contributed by atoms with Gasteiger partial charge in [0.1, 0.15) is 0 Å². The van der Waals surface area contributed by atoms with Gasteiger partial charge in [-0.25, -0.2) is 4.79 Å². The molecular weight excluding hydrogens is 246 g/mol. The Balaban J connectivity index is 2.58. The van der Waals surface area contributed by atoms with E-state index in [1.165, 1.54) is 13.0 Å². The number of nitrogens with zero attached hydrogens (tertiary/aromatic N) is 1. The summed E-state index contributed by atoms with van der Waals surface area (Å²) >= 11 is 0. The van der Waals surface area contributed by atoms with Gasteiger partial charge in [-0.3, -0.25) is 4.79 Å². The lowest BCUT2D eigenvalue weighted by molar-refractivity contribution is -0.132. The van der Waals surface area contributed by atoms with Gasteiger partial charge in [0.25, 0.3) is 5.97 Å². The summed E-state index contributed by atoms with van der Waals surface area (Å²) in [6, 6.07) is 8.28. The Morgan fingerprint density at radius 3 is 2.44 bits per heavy atom. The fourth-order valence-corrected chi connectivity index (χ4v) is 3.45. The summed E-state index contributed by atoms with van der Waals surface area (Å²) in [6.07, 6.45) is 2.36. The number of aryl methyl sites for hydroxylation is 1. The van der Waals surface area contributed by atoms with Gasteiger partial charge in [0.2, 0.25) is 14.4 Å². The number of aliphatic imine (C=N–C) groups is 1. The minimum absolute atomic E-state index is 0.206. The maximum Gasteiger partial charge on any atom is 0.289 e. The fourth-order valence-electron chi connectivity index (χ4n) is 1.68. The van der Waals surface area contributed by atoms with Crippen molar-refractivity contribution >= 4 is 26.1 Å². The van der Waals surface area contributed by atoms with Crippen LogP contribution in [0.3, 0.4) is 0 Å². The largest absolute Gasteiger partial charge is 0.520 e. The van der Waals surface area contributed by atoms with Crippen molar-refractivity contribution in [2.24, 2.45) is 4.99 Å². The van der Waals surface area contributed by atoms with E-state index < -0.39 is 8.32 Å². The standard InChI is InChI=1S/C13H17NO3Si/c1-11(16)17-18(2,3)9-8-12-4-6-13(7-5-12)14-10-15/h4-7H,8-9H2,1-3H3. The number of isocyanates is 1. The third-order valence-corrected chi connectivity index (χ3v) is 4.84. The summed E-state index contributed by atoms with van der Waals surface area (Å²) in [5, 5.41) is 0. The van der Waals surface area contributed by atoms with Crippen LogP contribution in [0.5, 0.6) is 0 Å². The van der Waals surface area contributed by atoms with Gasteiger partial charge in [0.05, 0.1) is 5.69 Å². The van der Waals surface area contributed by atoms with Crippen molar-refractivity contribution in [1.82, 2.24) is 0 Å². The van der Waals surface area contributed by atoms with E-state index in [0.717, 1.165) is 18.0 Å². The SMILES string of the molecule is CC(=O)O[Si](C)(C)CCc1ccc(N=C=O)cc1. The summed E-state index contributed by atoms with van der Waals surface area (Å²) in [6.45, 7) is 5.50. The highest BCUT2D eigenvalue weighted by Crippen LogP contribution is 2.18. The molecule has 5 heteroatoms. The molecule has 0 unspecified atom stereocenters. The maximum atomic E-state index is 11.0. The molecule has 0 aliphatic carbocycles. The molecule has 96 valence electrons. The van der Waals surface area contributed by atoms with Crippen molar-refractivity contribution in [3.8, 4) is 0 Å². The number of benzene rings is 1. The van der Waals surface area contributed by atoms with Crippen LogP contribution < -0.4 is 0 Å². The molecule has 0 aliphatic heterocycles. The molecule has 0 aromatic heterocycles. The average Bonchev–Trinajstić information content (AvgIpc) is 2.27. The Morgan fingerprint density at radius 2 is 1.94 bits per heavy atom. The predicted octanol–water partition coefficient (Wildman–Crippen LogP) is 2.96. The van der Waals surface area contributed by atoms with Crippen molar-refractivity contribution in [3.63, 3.8) is 0 Å². The van der Waals surface area contributed by atoms with E-state index in [2.05, 4.69) is 4.99 Å². The number of hydrogen-bond donors (Lipinski definition) is 0. The first kappa shape index (κ1) is 14.3. The first-order valence-electron chi connectivity index (χ1n) is 5.79. The lowest BCUT2D eigenvalue weighted by Crippen LogP contribution is -2.32. The minimum atomic E-state index is -1.91. The first-order chi connectivity index (χ1) is 8.43. The molecule has 18 heavy (non-hydrogen) atoms. The maximum absolute atomic E-state index is 11.0. The van der Waals surface area contributed by atoms with Crippen LogP contribution in [0.25, 0.3) is 0 Å². The third kappa shape index (κ3) is 5.08. The molecule has 0 saturated carbocycles. The zero-order valence-corrected chi connectivity index (χ0v) is 11.9. The van der Waals surface area contributed by atoms with E-state index in [9.17, 15) is 9.59 Å². The van der Waals surface area contributed by atoms with Gasteiger partial charge in [-0.2, -0.15) is 4.99 Å². The second-order valence-electron chi connectivity index (χ2n) is 4.72. The van der Waals surface area contributed by atoms with Gasteiger partial charge in [-0.1, -0.05) is 12.1 Å². The highest BCUT2D eigenvalue weighted by Gasteiger charge is 2.25. The van der Waals surface area contributed by atoms with E-state index in [1.54, 1.807) is 12.1 Å². The molecule has 0 aliphatic rings. The molecule has 1 aromatic rings. The molecule has 0 atom stereocenters. The van der Waals surface area contributed by atoms with Gasteiger partial charge < -0.3 is 4.43 Å². The van der Waals surface area contributed by atoms with Crippen molar-refractivity contribution in [3.05, 3.63) is 29.8 Å². The fraction of sp³-hybridized carbons (Fsp3) is 0.385. The summed E-state index contributed by atoms with van der Waals surface area (Å²) in [4.78, 5) is 24.6.